The number of hydrogen-bond acceptors (Lipinski definition) is 3. The zero-order valence-electron chi connectivity index (χ0n) is 14.8. The van der Waals surface area contributed by atoms with Crippen LogP contribution in [0, 0.1) is 6.92 Å². The van der Waals surface area contributed by atoms with Gasteiger partial charge in [-0.25, -0.2) is 8.42 Å². The molecule has 0 fully saturated rings. The van der Waals surface area contributed by atoms with Gasteiger partial charge in [0.25, 0.3) is 15.9 Å². The highest BCUT2D eigenvalue weighted by molar-refractivity contribution is 7.92. The lowest BCUT2D eigenvalue weighted by atomic mass is 10.1. The van der Waals surface area contributed by atoms with E-state index in [1.807, 2.05) is 39.0 Å². The molecular formula is C19H24N2O3S. The Balaban J connectivity index is 2.33. The maximum Gasteiger partial charge on any atom is 0.261 e. The van der Waals surface area contributed by atoms with Gasteiger partial charge in [0.1, 0.15) is 0 Å². The molecular weight excluding hydrogens is 336 g/mol. The second kappa shape index (κ2) is 8.16. The molecule has 0 saturated heterocycles. The third kappa shape index (κ3) is 4.60. The minimum atomic E-state index is -3.77. The number of anilines is 1. The quantitative estimate of drug-likeness (QED) is 0.793. The van der Waals surface area contributed by atoms with E-state index >= 15 is 0 Å². The second-order valence-corrected chi connectivity index (χ2v) is 7.53. The fraction of sp³-hybridized carbons (Fsp3) is 0.316. The fourth-order valence-corrected chi connectivity index (χ4v) is 3.73. The lowest BCUT2D eigenvalue weighted by molar-refractivity contribution is 0.0953. The van der Waals surface area contributed by atoms with Crippen LogP contribution in [0.1, 0.15) is 41.8 Å². The molecule has 2 aromatic rings. The highest BCUT2D eigenvalue weighted by Crippen LogP contribution is 2.25. The molecule has 0 aliphatic rings. The maximum atomic E-state index is 12.8. The summed E-state index contributed by atoms with van der Waals surface area (Å²) in [6, 6.07) is 11.7. The largest absolute Gasteiger partial charge is 0.352 e. The van der Waals surface area contributed by atoms with Gasteiger partial charge in [-0.3, -0.25) is 9.52 Å². The van der Waals surface area contributed by atoms with Gasteiger partial charge in [-0.1, -0.05) is 38.1 Å². The number of para-hydroxylation sites is 1. The zero-order valence-corrected chi connectivity index (χ0v) is 15.6. The molecule has 0 aliphatic carbocycles. The summed E-state index contributed by atoms with van der Waals surface area (Å²) in [6.07, 6.45) is 1.54. The van der Waals surface area contributed by atoms with Crippen molar-refractivity contribution < 1.29 is 13.2 Å². The van der Waals surface area contributed by atoms with Crippen LogP contribution in [-0.4, -0.2) is 20.9 Å². The molecule has 1 amide bonds. The molecule has 0 atom stereocenters. The molecule has 0 aliphatic heterocycles. The number of rotatable bonds is 7. The van der Waals surface area contributed by atoms with Crippen molar-refractivity contribution in [1.29, 1.82) is 0 Å². The first-order valence-corrected chi connectivity index (χ1v) is 9.87. The lowest BCUT2D eigenvalue weighted by Gasteiger charge is -2.15. The third-order valence-corrected chi connectivity index (χ3v) is 5.27. The van der Waals surface area contributed by atoms with E-state index in [-0.39, 0.29) is 10.8 Å². The van der Waals surface area contributed by atoms with Gasteiger partial charge in [0.2, 0.25) is 0 Å². The van der Waals surface area contributed by atoms with Gasteiger partial charge < -0.3 is 5.32 Å². The van der Waals surface area contributed by atoms with Crippen molar-refractivity contribution in [2.75, 3.05) is 11.3 Å². The Bertz CT molecular complexity index is 861. The predicted molar refractivity (Wildman–Crippen MR) is 100 cm³/mol. The van der Waals surface area contributed by atoms with Crippen LogP contribution >= 0.6 is 0 Å². The standard InChI is InChI=1S/C19H24N2O3S/c1-4-12-20-19(22)16-10-7-11-17(13-16)25(23,24)21-18-14(3)8-6-9-15(18)5-2/h6-11,13,21H,4-5,12H2,1-3H3,(H,20,22). The van der Waals surface area contributed by atoms with E-state index in [2.05, 4.69) is 10.0 Å². The SMILES string of the molecule is CCCNC(=O)c1cccc(S(=O)(=O)Nc2c(C)cccc2CC)c1. The van der Waals surface area contributed by atoms with E-state index in [4.69, 9.17) is 0 Å². The molecule has 0 heterocycles. The minimum absolute atomic E-state index is 0.0713. The summed E-state index contributed by atoms with van der Waals surface area (Å²) in [5.41, 5.74) is 2.72. The monoisotopic (exact) mass is 360 g/mol. The summed E-state index contributed by atoms with van der Waals surface area (Å²) in [5.74, 6) is -0.274. The molecule has 0 saturated carbocycles. The summed E-state index contributed by atoms with van der Waals surface area (Å²) in [4.78, 5) is 12.1. The Morgan fingerprint density at radius 3 is 2.48 bits per heavy atom. The number of nitrogens with one attached hydrogen (secondary N) is 2. The van der Waals surface area contributed by atoms with Crippen LogP contribution in [0.25, 0.3) is 0 Å². The number of benzene rings is 2. The van der Waals surface area contributed by atoms with Crippen molar-refractivity contribution >= 4 is 21.6 Å². The van der Waals surface area contributed by atoms with E-state index in [0.717, 1.165) is 24.0 Å². The molecule has 25 heavy (non-hydrogen) atoms. The number of aryl methyl sites for hydroxylation is 2. The topological polar surface area (TPSA) is 75.3 Å². The number of sulfonamides is 1. The van der Waals surface area contributed by atoms with E-state index < -0.39 is 10.0 Å². The number of hydrogen-bond donors (Lipinski definition) is 2. The molecule has 2 rings (SSSR count). The third-order valence-electron chi connectivity index (χ3n) is 3.92. The van der Waals surface area contributed by atoms with Gasteiger partial charge in [-0.05, 0) is 49.1 Å². The molecule has 0 bridgehead atoms. The minimum Gasteiger partial charge on any atom is -0.352 e. The number of carbonyl (C=O) groups excluding carboxylic acids is 1. The fourth-order valence-electron chi connectivity index (χ4n) is 2.51. The van der Waals surface area contributed by atoms with Gasteiger partial charge in [-0.2, -0.15) is 0 Å². The van der Waals surface area contributed by atoms with Crippen molar-refractivity contribution in [3.05, 3.63) is 59.2 Å². The summed E-state index contributed by atoms with van der Waals surface area (Å²) in [6.45, 7) is 6.35. The Hall–Kier alpha value is -2.34. The molecule has 2 N–H and O–H groups in total. The van der Waals surface area contributed by atoms with E-state index in [0.29, 0.717) is 17.8 Å². The van der Waals surface area contributed by atoms with Gasteiger partial charge in [0.15, 0.2) is 0 Å². The normalized spacial score (nSPS) is 11.2. The first-order chi connectivity index (χ1) is 11.9. The van der Waals surface area contributed by atoms with Crippen LogP contribution in [0.15, 0.2) is 47.4 Å². The van der Waals surface area contributed by atoms with Crippen molar-refractivity contribution in [2.24, 2.45) is 0 Å². The lowest BCUT2D eigenvalue weighted by Crippen LogP contribution is -2.24. The van der Waals surface area contributed by atoms with Crippen LogP contribution in [-0.2, 0) is 16.4 Å². The first kappa shape index (κ1) is 19.0. The van der Waals surface area contributed by atoms with Crippen LogP contribution in [0.3, 0.4) is 0 Å². The molecule has 0 radical (unpaired) electrons. The summed E-state index contributed by atoms with van der Waals surface area (Å²) >= 11 is 0. The van der Waals surface area contributed by atoms with Gasteiger partial charge >= 0.3 is 0 Å². The van der Waals surface area contributed by atoms with Crippen molar-refractivity contribution in [3.63, 3.8) is 0 Å². The zero-order chi connectivity index (χ0) is 18.4. The molecule has 5 nitrogen and oxygen atoms in total. The van der Waals surface area contributed by atoms with Crippen LogP contribution in [0.5, 0.6) is 0 Å². The van der Waals surface area contributed by atoms with Crippen molar-refractivity contribution in [2.45, 2.75) is 38.5 Å². The van der Waals surface area contributed by atoms with Crippen molar-refractivity contribution in [1.82, 2.24) is 5.32 Å². The maximum absolute atomic E-state index is 12.8. The Kier molecular flexibility index (Phi) is 6.20. The molecule has 134 valence electrons. The number of amides is 1. The van der Waals surface area contributed by atoms with E-state index in [1.165, 1.54) is 12.1 Å². The Morgan fingerprint density at radius 1 is 1.08 bits per heavy atom. The Morgan fingerprint density at radius 2 is 1.80 bits per heavy atom. The van der Waals surface area contributed by atoms with E-state index in [9.17, 15) is 13.2 Å². The molecule has 2 aromatic carbocycles. The molecule has 0 aromatic heterocycles. The number of carbonyl (C=O) groups is 1. The average molecular weight is 360 g/mol. The highest BCUT2D eigenvalue weighted by Gasteiger charge is 2.18. The average Bonchev–Trinajstić information content (AvgIpc) is 2.61. The van der Waals surface area contributed by atoms with Crippen LogP contribution < -0.4 is 10.0 Å². The van der Waals surface area contributed by atoms with Crippen molar-refractivity contribution in [3.8, 4) is 0 Å². The smallest absolute Gasteiger partial charge is 0.261 e. The molecule has 0 spiro atoms. The highest BCUT2D eigenvalue weighted by atomic mass is 32.2. The van der Waals surface area contributed by atoms with Gasteiger partial charge in [-0.15, -0.1) is 0 Å². The van der Waals surface area contributed by atoms with E-state index in [1.54, 1.807) is 12.1 Å². The summed E-state index contributed by atoms with van der Waals surface area (Å²) in [5, 5.41) is 2.75. The summed E-state index contributed by atoms with van der Waals surface area (Å²) in [7, 11) is -3.77. The van der Waals surface area contributed by atoms with Gasteiger partial charge in [0, 0.05) is 12.1 Å². The van der Waals surface area contributed by atoms with Crippen LogP contribution in [0.4, 0.5) is 5.69 Å². The van der Waals surface area contributed by atoms with Gasteiger partial charge in [0.05, 0.1) is 10.6 Å². The molecule has 0 unspecified atom stereocenters. The van der Waals surface area contributed by atoms with Crippen LogP contribution in [0.2, 0.25) is 0 Å². The second-order valence-electron chi connectivity index (χ2n) is 5.85. The summed E-state index contributed by atoms with van der Waals surface area (Å²) < 4.78 is 28.2. The first-order valence-electron chi connectivity index (χ1n) is 8.38. The predicted octanol–water partition coefficient (Wildman–Crippen LogP) is 3.50. The Labute approximate surface area is 149 Å². The molecule has 6 heteroatoms.